The van der Waals surface area contributed by atoms with Gasteiger partial charge in [0.1, 0.15) is 0 Å². The summed E-state index contributed by atoms with van der Waals surface area (Å²) in [5, 5.41) is 0. The number of ether oxygens (including phenoxy) is 1. The second kappa shape index (κ2) is 12.0. The van der Waals surface area contributed by atoms with Gasteiger partial charge < -0.3 is 9.63 Å². The first kappa shape index (κ1) is 15.5. The Labute approximate surface area is 81.2 Å². The molecule has 0 radical (unpaired) electrons. The van der Waals surface area contributed by atoms with Gasteiger partial charge in [-0.15, -0.1) is 4.52 Å². The summed E-state index contributed by atoms with van der Waals surface area (Å²) in [6.45, 7) is 8.09. The third kappa shape index (κ3) is 18.7. The highest BCUT2D eigenvalue weighted by atomic mass is 31.1. The summed E-state index contributed by atoms with van der Waals surface area (Å²) in [4.78, 5) is 9.82. The van der Waals surface area contributed by atoms with Crippen molar-refractivity contribution in [3.63, 3.8) is 0 Å². The lowest BCUT2D eigenvalue weighted by molar-refractivity contribution is -0.203. The molecule has 0 N–H and O–H groups in total. The third-order valence-corrected chi connectivity index (χ3v) is 1.60. The first-order chi connectivity index (χ1) is 6.08. The molecule has 0 aliphatic heterocycles. The van der Waals surface area contributed by atoms with Crippen LogP contribution in [0.1, 0.15) is 40.5 Å². The second-order valence-electron chi connectivity index (χ2n) is 2.35. The Morgan fingerprint density at radius 3 is 2.00 bits per heavy atom. The van der Waals surface area contributed by atoms with Gasteiger partial charge in [-0.2, -0.15) is 0 Å². The fourth-order valence-electron chi connectivity index (χ4n) is 0.386. The van der Waals surface area contributed by atoms with Crippen LogP contribution < -0.4 is 4.89 Å². The van der Waals surface area contributed by atoms with E-state index in [0.29, 0.717) is 6.61 Å². The summed E-state index contributed by atoms with van der Waals surface area (Å²) in [6.07, 6.45) is 1.98. The van der Waals surface area contributed by atoms with Gasteiger partial charge >= 0.3 is 8.25 Å². The number of unbranched alkanes of at least 4 members (excludes halogenated alkanes) is 1. The minimum Gasteiger partial charge on any atom is -0.566 e. The first-order valence-corrected chi connectivity index (χ1v) is 5.60. The van der Waals surface area contributed by atoms with Crippen molar-refractivity contribution in [2.75, 3.05) is 6.61 Å². The lowest BCUT2D eigenvalue weighted by atomic mass is 10.4. The van der Waals surface area contributed by atoms with Gasteiger partial charge in [-0.1, -0.05) is 26.7 Å². The van der Waals surface area contributed by atoms with Crippen LogP contribution in [0.5, 0.6) is 0 Å². The van der Waals surface area contributed by atoms with Crippen LogP contribution in [0.3, 0.4) is 0 Å². The lowest BCUT2D eigenvalue weighted by Gasteiger charge is -2.03. The third-order valence-electron chi connectivity index (χ3n) is 1.14. The molecule has 13 heavy (non-hydrogen) atoms. The standard InChI is InChI=1S/C4H9O4P.C4H10/c1-3-7-4(2)8-9(5)6;1-3-4-2/h4H,3H2,1-2H3;3-4H2,1-2H3. The topological polar surface area (TPSA) is 58.6 Å². The van der Waals surface area contributed by atoms with E-state index in [4.69, 9.17) is 4.74 Å². The maximum atomic E-state index is 9.82. The van der Waals surface area contributed by atoms with Crippen molar-refractivity contribution >= 4 is 8.25 Å². The van der Waals surface area contributed by atoms with Crippen LogP contribution in [-0.4, -0.2) is 12.9 Å². The van der Waals surface area contributed by atoms with E-state index < -0.39 is 14.5 Å². The molecule has 2 unspecified atom stereocenters. The SMILES string of the molecule is CCCC.CCOC(C)O[P+](=O)[O-]. The van der Waals surface area contributed by atoms with Crippen LogP contribution in [0.25, 0.3) is 0 Å². The normalized spacial score (nSPS) is 12.8. The van der Waals surface area contributed by atoms with Gasteiger partial charge in [0.15, 0.2) is 0 Å². The van der Waals surface area contributed by atoms with Crippen molar-refractivity contribution in [1.29, 1.82) is 0 Å². The van der Waals surface area contributed by atoms with Gasteiger partial charge in [0.05, 0.1) is 0 Å². The molecule has 0 aliphatic carbocycles. The van der Waals surface area contributed by atoms with Crippen molar-refractivity contribution in [3.05, 3.63) is 0 Å². The van der Waals surface area contributed by atoms with Gasteiger partial charge in [-0.25, -0.2) is 0 Å². The Hall–Kier alpha value is -0.0200. The summed E-state index contributed by atoms with van der Waals surface area (Å²) in [7, 11) is -2.78. The molecule has 0 aromatic heterocycles. The van der Waals surface area contributed by atoms with E-state index in [1.54, 1.807) is 6.92 Å². The summed E-state index contributed by atoms with van der Waals surface area (Å²) in [6, 6.07) is 0. The van der Waals surface area contributed by atoms with Gasteiger partial charge in [-0.3, -0.25) is 0 Å². The molecule has 0 heterocycles. The maximum absolute atomic E-state index is 9.82. The molecule has 0 aromatic rings. The van der Waals surface area contributed by atoms with Crippen molar-refractivity contribution in [2.45, 2.75) is 46.8 Å². The molecule has 5 heteroatoms. The van der Waals surface area contributed by atoms with E-state index in [0.717, 1.165) is 0 Å². The van der Waals surface area contributed by atoms with E-state index in [1.165, 1.54) is 19.8 Å². The summed E-state index contributed by atoms with van der Waals surface area (Å²) >= 11 is 0. The largest absolute Gasteiger partial charge is 0.566 e. The Balaban J connectivity index is 0. The molecule has 0 amide bonds. The Kier molecular flexibility index (Phi) is 14.2. The molecule has 0 saturated heterocycles. The maximum Gasteiger partial charge on any atom is 0.491 e. The number of hydrogen-bond donors (Lipinski definition) is 0. The highest BCUT2D eigenvalue weighted by Gasteiger charge is 2.09. The van der Waals surface area contributed by atoms with Gasteiger partial charge in [0.25, 0.3) is 0 Å². The van der Waals surface area contributed by atoms with Crippen molar-refractivity contribution in [3.8, 4) is 0 Å². The molecular weight excluding hydrogens is 191 g/mol. The van der Waals surface area contributed by atoms with Crippen molar-refractivity contribution in [1.82, 2.24) is 0 Å². The summed E-state index contributed by atoms with van der Waals surface area (Å²) < 4.78 is 18.8. The van der Waals surface area contributed by atoms with E-state index >= 15 is 0 Å². The smallest absolute Gasteiger partial charge is 0.491 e. The van der Waals surface area contributed by atoms with Crippen molar-refractivity contribution < 1.29 is 18.7 Å². The zero-order valence-corrected chi connectivity index (χ0v) is 9.67. The minimum atomic E-state index is -2.78. The molecule has 2 atom stereocenters. The first-order valence-electron chi connectivity index (χ1n) is 4.51. The van der Waals surface area contributed by atoms with Crippen molar-refractivity contribution in [2.24, 2.45) is 0 Å². The predicted molar refractivity (Wildman–Crippen MR) is 50.4 cm³/mol. The quantitative estimate of drug-likeness (QED) is 0.515. The van der Waals surface area contributed by atoms with Gasteiger partial charge in [0, 0.05) is 6.61 Å². The van der Waals surface area contributed by atoms with E-state index in [-0.39, 0.29) is 0 Å². The molecule has 0 aromatic carbocycles. The van der Waals surface area contributed by atoms with Crippen LogP contribution in [0, 0.1) is 0 Å². The Morgan fingerprint density at radius 1 is 1.31 bits per heavy atom. The molecule has 0 bridgehead atoms. The Bertz CT molecular complexity index is 117. The zero-order chi connectivity index (χ0) is 10.7. The minimum absolute atomic E-state index is 0.449. The van der Waals surface area contributed by atoms with Crippen LogP contribution in [0.2, 0.25) is 0 Å². The molecule has 0 saturated carbocycles. The predicted octanol–water partition coefficient (Wildman–Crippen LogP) is 2.21. The molecule has 0 spiro atoms. The molecular formula is C8H19O4P. The summed E-state index contributed by atoms with van der Waals surface area (Å²) in [5.74, 6) is 0. The average molecular weight is 210 g/mol. The van der Waals surface area contributed by atoms with Crippen LogP contribution in [0.15, 0.2) is 0 Å². The molecule has 0 rings (SSSR count). The fraction of sp³-hybridized carbons (Fsp3) is 1.00. The van der Waals surface area contributed by atoms with Crippen LogP contribution in [-0.2, 0) is 13.8 Å². The van der Waals surface area contributed by atoms with Crippen LogP contribution >= 0.6 is 8.25 Å². The average Bonchev–Trinajstić information content (AvgIpc) is 2.04. The van der Waals surface area contributed by atoms with Crippen LogP contribution in [0.4, 0.5) is 0 Å². The fourth-order valence-corrected chi connectivity index (χ4v) is 0.690. The molecule has 80 valence electrons. The molecule has 4 nitrogen and oxygen atoms in total. The second-order valence-corrected chi connectivity index (χ2v) is 3.01. The van der Waals surface area contributed by atoms with E-state index in [9.17, 15) is 9.46 Å². The monoisotopic (exact) mass is 210 g/mol. The van der Waals surface area contributed by atoms with E-state index in [1.807, 2.05) is 0 Å². The highest BCUT2D eigenvalue weighted by molar-refractivity contribution is 7.30. The summed E-state index contributed by atoms with van der Waals surface area (Å²) in [5.41, 5.74) is 0. The van der Waals surface area contributed by atoms with E-state index in [2.05, 4.69) is 18.4 Å². The van der Waals surface area contributed by atoms with Gasteiger partial charge in [-0.05, 0) is 18.4 Å². The molecule has 0 fully saturated rings. The highest BCUT2D eigenvalue weighted by Crippen LogP contribution is 2.12. The zero-order valence-electron chi connectivity index (χ0n) is 8.78. The number of hydrogen-bond acceptors (Lipinski definition) is 4. The number of rotatable bonds is 5. The Morgan fingerprint density at radius 2 is 1.77 bits per heavy atom. The van der Waals surface area contributed by atoms with Gasteiger partial charge in [0.2, 0.25) is 6.29 Å². The lowest BCUT2D eigenvalue weighted by Crippen LogP contribution is -2.10. The molecule has 0 aliphatic rings.